The van der Waals surface area contributed by atoms with Gasteiger partial charge in [-0.15, -0.1) is 0 Å². The Hall–Kier alpha value is -2.21. The lowest BCUT2D eigenvalue weighted by Gasteiger charge is -2.14. The molecule has 2 aromatic rings. The van der Waals surface area contributed by atoms with Gasteiger partial charge in [-0.3, -0.25) is 0 Å². The molecule has 2 aromatic carbocycles. The van der Waals surface area contributed by atoms with E-state index >= 15 is 0 Å². The molecule has 0 aromatic heterocycles. The minimum atomic E-state index is -3.40. The lowest BCUT2D eigenvalue weighted by Crippen LogP contribution is -2.04. The molecule has 0 aliphatic heterocycles. The van der Waals surface area contributed by atoms with Crippen LogP contribution in [0.15, 0.2) is 47.4 Å². The van der Waals surface area contributed by atoms with Gasteiger partial charge in [0.15, 0.2) is 27.1 Å². The predicted octanol–water partition coefficient (Wildman–Crippen LogP) is 2.86. The highest BCUT2D eigenvalue weighted by Gasteiger charge is 2.16. The zero-order chi connectivity index (χ0) is 15.5. The number of hydrogen-bond donors (Lipinski definition) is 1. The van der Waals surface area contributed by atoms with Gasteiger partial charge in [0.25, 0.3) is 0 Å². The van der Waals surface area contributed by atoms with E-state index in [0.29, 0.717) is 18.1 Å². The van der Waals surface area contributed by atoms with E-state index in [0.717, 1.165) is 6.26 Å². The van der Waals surface area contributed by atoms with Crippen LogP contribution in [0.1, 0.15) is 6.92 Å². The minimum absolute atomic E-state index is 0.0499. The molecule has 0 heterocycles. The summed E-state index contributed by atoms with van der Waals surface area (Å²) >= 11 is 0. The van der Waals surface area contributed by atoms with Gasteiger partial charge >= 0.3 is 0 Å². The Kier molecular flexibility index (Phi) is 4.37. The second-order valence-corrected chi connectivity index (χ2v) is 6.41. The van der Waals surface area contributed by atoms with Crippen molar-refractivity contribution >= 4 is 15.5 Å². The monoisotopic (exact) mass is 307 g/mol. The van der Waals surface area contributed by atoms with Gasteiger partial charge in [-0.2, -0.15) is 0 Å². The highest BCUT2D eigenvalue weighted by molar-refractivity contribution is 7.90. The molecule has 21 heavy (non-hydrogen) atoms. The van der Waals surface area contributed by atoms with E-state index in [2.05, 4.69) is 0 Å². The first-order chi connectivity index (χ1) is 9.93. The van der Waals surface area contributed by atoms with Gasteiger partial charge in [-0.05, 0) is 31.2 Å². The van der Waals surface area contributed by atoms with Crippen LogP contribution in [0.3, 0.4) is 0 Å². The van der Waals surface area contributed by atoms with Crippen LogP contribution in [0.5, 0.6) is 17.2 Å². The number of hydrogen-bond acceptors (Lipinski definition) is 5. The molecule has 112 valence electrons. The summed E-state index contributed by atoms with van der Waals surface area (Å²) in [7, 11) is -3.40. The molecule has 0 saturated carbocycles. The van der Waals surface area contributed by atoms with Gasteiger partial charge in [-0.1, -0.05) is 18.2 Å². The fraction of sp³-hybridized carbons (Fsp3) is 0.200. The number of nitrogens with two attached hydrogens (primary N) is 1. The average Bonchev–Trinajstić information content (AvgIpc) is 2.42. The van der Waals surface area contributed by atoms with Crippen molar-refractivity contribution in [3.8, 4) is 17.2 Å². The number of rotatable bonds is 5. The van der Waals surface area contributed by atoms with Crippen molar-refractivity contribution in [3.63, 3.8) is 0 Å². The molecule has 0 saturated heterocycles. The molecule has 2 N–H and O–H groups in total. The third kappa shape index (κ3) is 3.46. The summed E-state index contributed by atoms with van der Waals surface area (Å²) < 4.78 is 34.5. The number of sulfone groups is 1. The normalized spacial score (nSPS) is 11.1. The predicted molar refractivity (Wildman–Crippen MR) is 81.6 cm³/mol. The van der Waals surface area contributed by atoms with Crippen molar-refractivity contribution < 1.29 is 17.9 Å². The maximum Gasteiger partial charge on any atom is 0.177 e. The Balaban J connectivity index is 2.42. The number of benzene rings is 2. The summed E-state index contributed by atoms with van der Waals surface area (Å²) in [6.45, 7) is 2.37. The number of anilines is 1. The van der Waals surface area contributed by atoms with E-state index in [1.807, 2.05) is 13.0 Å². The van der Waals surface area contributed by atoms with Crippen LogP contribution in [0.25, 0.3) is 0 Å². The molecule has 0 aliphatic carbocycles. The molecule has 0 fully saturated rings. The van der Waals surface area contributed by atoms with Crippen LogP contribution in [-0.2, 0) is 9.84 Å². The van der Waals surface area contributed by atoms with Crippen molar-refractivity contribution in [3.05, 3.63) is 42.5 Å². The van der Waals surface area contributed by atoms with Crippen LogP contribution in [0, 0.1) is 0 Å². The van der Waals surface area contributed by atoms with Gasteiger partial charge in [0.1, 0.15) is 0 Å². The van der Waals surface area contributed by atoms with Gasteiger partial charge in [-0.25, -0.2) is 8.42 Å². The fourth-order valence-corrected chi connectivity index (χ4v) is 2.69. The summed E-state index contributed by atoms with van der Waals surface area (Å²) in [4.78, 5) is 0.0499. The Bertz CT molecular complexity index is 741. The van der Waals surface area contributed by atoms with E-state index in [1.54, 1.807) is 30.3 Å². The third-order valence-electron chi connectivity index (χ3n) is 2.79. The van der Waals surface area contributed by atoms with Crippen LogP contribution >= 0.6 is 0 Å². The highest BCUT2D eigenvalue weighted by atomic mass is 32.2. The second-order valence-electron chi connectivity index (χ2n) is 4.42. The highest BCUT2D eigenvalue weighted by Crippen LogP contribution is 2.36. The maximum atomic E-state index is 11.7. The van der Waals surface area contributed by atoms with E-state index < -0.39 is 9.84 Å². The third-order valence-corrected chi connectivity index (χ3v) is 3.95. The first kappa shape index (κ1) is 15.2. The number of ether oxygens (including phenoxy) is 2. The molecule has 0 radical (unpaired) electrons. The summed E-state index contributed by atoms with van der Waals surface area (Å²) in [6, 6.07) is 11.8. The lowest BCUT2D eigenvalue weighted by molar-refractivity contribution is 0.321. The molecular formula is C15H17NO4S. The first-order valence-electron chi connectivity index (χ1n) is 6.41. The Morgan fingerprint density at radius 1 is 1.00 bits per heavy atom. The van der Waals surface area contributed by atoms with E-state index in [4.69, 9.17) is 15.2 Å². The quantitative estimate of drug-likeness (QED) is 0.859. The second kappa shape index (κ2) is 6.05. The molecule has 2 rings (SSSR count). The van der Waals surface area contributed by atoms with Crippen molar-refractivity contribution in [2.24, 2.45) is 0 Å². The Morgan fingerprint density at radius 3 is 2.24 bits per heavy atom. The van der Waals surface area contributed by atoms with Crippen molar-refractivity contribution in [1.82, 2.24) is 0 Å². The molecule has 5 nitrogen and oxygen atoms in total. The van der Waals surface area contributed by atoms with Crippen LogP contribution in [-0.4, -0.2) is 21.3 Å². The van der Waals surface area contributed by atoms with E-state index in [9.17, 15) is 8.42 Å². The number of para-hydroxylation sites is 3. The van der Waals surface area contributed by atoms with Gasteiger partial charge < -0.3 is 15.2 Å². The van der Waals surface area contributed by atoms with Crippen LogP contribution < -0.4 is 15.2 Å². The lowest BCUT2D eigenvalue weighted by atomic mass is 10.3. The molecule has 0 spiro atoms. The summed E-state index contributed by atoms with van der Waals surface area (Å²) in [5.41, 5.74) is 5.99. The zero-order valence-corrected chi connectivity index (χ0v) is 12.7. The molecular weight excluding hydrogens is 290 g/mol. The Labute approximate surface area is 124 Å². The van der Waals surface area contributed by atoms with Gasteiger partial charge in [0.05, 0.1) is 17.2 Å². The molecule has 6 heteroatoms. The molecule has 0 amide bonds. The average molecular weight is 307 g/mol. The first-order valence-corrected chi connectivity index (χ1v) is 8.31. The van der Waals surface area contributed by atoms with E-state index in [1.165, 1.54) is 6.07 Å². The molecule has 0 aliphatic rings. The summed E-state index contributed by atoms with van der Waals surface area (Å²) in [5.74, 6) is 1.34. The van der Waals surface area contributed by atoms with Gasteiger partial charge in [0.2, 0.25) is 0 Å². The molecule has 0 unspecified atom stereocenters. The molecule has 0 atom stereocenters. The zero-order valence-electron chi connectivity index (χ0n) is 11.9. The number of nitrogen functional groups attached to an aromatic ring is 1. The molecule has 0 bridgehead atoms. The standard InChI is InChI=1S/C15H17NO4S/c1-3-19-11-7-4-5-8-12(11)20-13-9-6-10-14(15(13)16)21(2,17)18/h4-10H,3,16H2,1-2H3. The smallest absolute Gasteiger partial charge is 0.177 e. The largest absolute Gasteiger partial charge is 0.490 e. The fourth-order valence-electron chi connectivity index (χ4n) is 1.86. The topological polar surface area (TPSA) is 78.6 Å². The van der Waals surface area contributed by atoms with Crippen molar-refractivity contribution in [1.29, 1.82) is 0 Å². The van der Waals surface area contributed by atoms with Crippen LogP contribution in [0.2, 0.25) is 0 Å². The Morgan fingerprint density at radius 2 is 1.62 bits per heavy atom. The van der Waals surface area contributed by atoms with Crippen molar-refractivity contribution in [2.75, 3.05) is 18.6 Å². The SMILES string of the molecule is CCOc1ccccc1Oc1cccc(S(C)(=O)=O)c1N. The van der Waals surface area contributed by atoms with Crippen LogP contribution in [0.4, 0.5) is 5.69 Å². The summed E-state index contributed by atoms with van der Waals surface area (Å²) in [6.07, 6.45) is 1.11. The summed E-state index contributed by atoms with van der Waals surface area (Å²) in [5, 5.41) is 0. The minimum Gasteiger partial charge on any atom is -0.490 e. The van der Waals surface area contributed by atoms with Gasteiger partial charge in [0, 0.05) is 6.26 Å². The maximum absolute atomic E-state index is 11.7. The van der Waals surface area contributed by atoms with Crippen molar-refractivity contribution in [2.45, 2.75) is 11.8 Å². The van der Waals surface area contributed by atoms with E-state index in [-0.39, 0.29) is 16.3 Å².